The lowest BCUT2D eigenvalue weighted by Gasteiger charge is -2.31. The van der Waals surface area contributed by atoms with E-state index in [0.29, 0.717) is 29.6 Å². The van der Waals surface area contributed by atoms with Crippen LogP contribution in [0.25, 0.3) is 0 Å². The Balaban J connectivity index is 1.52. The summed E-state index contributed by atoms with van der Waals surface area (Å²) in [7, 11) is 4.48. The number of nitrogens with one attached hydrogen (secondary N) is 1. The second-order valence-corrected chi connectivity index (χ2v) is 10.4. The normalized spacial score (nSPS) is 19.2. The fourth-order valence-corrected chi connectivity index (χ4v) is 4.61. The van der Waals surface area contributed by atoms with Crippen molar-refractivity contribution in [1.82, 2.24) is 10.3 Å². The van der Waals surface area contributed by atoms with Crippen LogP contribution in [0.1, 0.15) is 24.3 Å². The number of amides is 1. The lowest BCUT2D eigenvalue weighted by Crippen LogP contribution is -2.48. The van der Waals surface area contributed by atoms with Crippen molar-refractivity contribution in [2.75, 3.05) is 54.5 Å². The highest BCUT2D eigenvalue weighted by Gasteiger charge is 2.38. The van der Waals surface area contributed by atoms with Crippen molar-refractivity contribution in [3.05, 3.63) is 66.5 Å². The first-order valence-electron chi connectivity index (χ1n) is 15.4. The van der Waals surface area contributed by atoms with E-state index in [4.69, 9.17) is 47.4 Å². The third kappa shape index (κ3) is 10.4. The van der Waals surface area contributed by atoms with Gasteiger partial charge in [-0.3, -0.25) is 4.79 Å². The van der Waals surface area contributed by atoms with Crippen molar-refractivity contribution >= 4 is 17.8 Å². The average molecular weight is 685 g/mol. The molecular formula is C34H40N2O13. The molecule has 1 aliphatic rings. The van der Waals surface area contributed by atoms with Crippen molar-refractivity contribution < 1.29 is 61.8 Å². The molecule has 1 saturated heterocycles. The van der Waals surface area contributed by atoms with E-state index in [0.717, 1.165) is 0 Å². The summed E-state index contributed by atoms with van der Waals surface area (Å²) in [5, 5.41) is 2.60. The Labute approximate surface area is 283 Å². The van der Waals surface area contributed by atoms with Crippen LogP contribution in [-0.4, -0.2) is 102 Å². The minimum atomic E-state index is -1.26. The minimum Gasteiger partial charge on any atom is -0.497 e. The zero-order valence-corrected chi connectivity index (χ0v) is 27.9. The van der Waals surface area contributed by atoms with E-state index in [1.807, 2.05) is 0 Å². The lowest BCUT2D eigenvalue weighted by atomic mass is 10.1. The number of ether oxygens (including phenoxy) is 10. The molecule has 2 heterocycles. The fourth-order valence-electron chi connectivity index (χ4n) is 4.61. The first-order valence-corrected chi connectivity index (χ1v) is 15.4. The summed E-state index contributed by atoms with van der Waals surface area (Å²) < 4.78 is 55.7. The highest BCUT2D eigenvalue weighted by Crippen LogP contribution is 2.30. The number of hydrogen-bond acceptors (Lipinski definition) is 14. The molecule has 0 radical (unpaired) electrons. The largest absolute Gasteiger partial charge is 0.497 e. The molecule has 15 nitrogen and oxygen atoms in total. The van der Waals surface area contributed by atoms with Crippen LogP contribution in [0.4, 0.5) is 0 Å². The zero-order valence-electron chi connectivity index (χ0n) is 27.9. The Morgan fingerprint density at radius 1 is 0.878 bits per heavy atom. The molecule has 0 saturated carbocycles. The first kappa shape index (κ1) is 36.6. The van der Waals surface area contributed by atoms with Gasteiger partial charge in [0.25, 0.3) is 5.91 Å². The standard InChI is InChI=1S/C34H40N2O13/c1-6-43-19-29(37)45-20-46-32-27(42-5)15-16-35-30(32)33(38)36-26-17-44-18-28(48-24-11-7-22(40-3)8-12-24)31(21(2)47-34(26)39)49-25-13-9-23(41-4)10-14-25/h7-16,21,26,28,31H,6,17-20H2,1-5H3,(H,36,38). The summed E-state index contributed by atoms with van der Waals surface area (Å²) in [5.74, 6) is 0.0233. The van der Waals surface area contributed by atoms with E-state index in [-0.39, 0.29) is 37.0 Å². The number of carbonyl (C=O) groups is 3. The maximum atomic E-state index is 13.5. The number of pyridine rings is 1. The van der Waals surface area contributed by atoms with Gasteiger partial charge >= 0.3 is 11.9 Å². The van der Waals surface area contributed by atoms with Crippen LogP contribution < -0.4 is 33.7 Å². The first-order chi connectivity index (χ1) is 23.8. The minimum absolute atomic E-state index is 0.0426. The van der Waals surface area contributed by atoms with Gasteiger partial charge in [-0.15, -0.1) is 0 Å². The van der Waals surface area contributed by atoms with Crippen LogP contribution in [0, 0.1) is 0 Å². The average Bonchev–Trinajstić information content (AvgIpc) is 3.16. The number of benzene rings is 2. The van der Waals surface area contributed by atoms with Gasteiger partial charge in [0.2, 0.25) is 6.79 Å². The molecule has 49 heavy (non-hydrogen) atoms. The van der Waals surface area contributed by atoms with Crippen LogP contribution in [-0.2, 0) is 28.5 Å². The molecule has 1 N–H and O–H groups in total. The maximum Gasteiger partial charge on any atom is 0.334 e. The summed E-state index contributed by atoms with van der Waals surface area (Å²) in [4.78, 5) is 42.9. The summed E-state index contributed by atoms with van der Waals surface area (Å²) in [6, 6.07) is 14.1. The lowest BCUT2D eigenvalue weighted by molar-refractivity contribution is -0.157. The second-order valence-electron chi connectivity index (χ2n) is 10.4. The number of nitrogens with zero attached hydrogens (tertiary/aromatic N) is 1. The van der Waals surface area contributed by atoms with Crippen LogP contribution >= 0.6 is 0 Å². The number of cyclic esters (lactones) is 1. The molecule has 4 unspecified atom stereocenters. The molecule has 1 aliphatic heterocycles. The molecule has 2 aromatic carbocycles. The van der Waals surface area contributed by atoms with Crippen molar-refractivity contribution in [3.63, 3.8) is 0 Å². The topological polar surface area (TPSA) is 168 Å². The molecule has 15 heteroatoms. The molecule has 4 rings (SSSR count). The van der Waals surface area contributed by atoms with E-state index in [1.54, 1.807) is 76.6 Å². The number of hydrogen-bond donors (Lipinski definition) is 1. The van der Waals surface area contributed by atoms with Crippen LogP contribution in [0.2, 0.25) is 0 Å². The Bertz CT molecular complexity index is 1520. The number of aromatic nitrogens is 1. The van der Waals surface area contributed by atoms with E-state index in [9.17, 15) is 14.4 Å². The van der Waals surface area contributed by atoms with Gasteiger partial charge < -0.3 is 52.7 Å². The Morgan fingerprint density at radius 3 is 2.12 bits per heavy atom. The number of rotatable bonds is 15. The third-order valence-corrected chi connectivity index (χ3v) is 7.12. The maximum absolute atomic E-state index is 13.5. The molecule has 0 aliphatic carbocycles. The Morgan fingerprint density at radius 2 is 1.51 bits per heavy atom. The summed E-state index contributed by atoms with van der Waals surface area (Å²) in [5.41, 5.74) is -0.234. The van der Waals surface area contributed by atoms with E-state index >= 15 is 0 Å². The van der Waals surface area contributed by atoms with Gasteiger partial charge in [0.15, 0.2) is 35.4 Å². The SMILES string of the molecule is CCOCC(=O)OCOc1c(OC)ccnc1C(=O)NC1COCC(Oc2ccc(OC)cc2)C(Oc2ccc(OC)cc2)C(C)OC1=O. The molecule has 1 aromatic heterocycles. The highest BCUT2D eigenvalue weighted by molar-refractivity contribution is 5.98. The summed E-state index contributed by atoms with van der Waals surface area (Å²) >= 11 is 0. The number of carbonyl (C=O) groups excluding carboxylic acids is 3. The van der Waals surface area contributed by atoms with Gasteiger partial charge in [0.05, 0.1) is 34.5 Å². The Hall–Kier alpha value is -5.28. The van der Waals surface area contributed by atoms with Crippen molar-refractivity contribution in [2.45, 2.75) is 38.2 Å². The van der Waals surface area contributed by atoms with Crippen LogP contribution in [0.3, 0.4) is 0 Å². The molecule has 4 atom stereocenters. The van der Waals surface area contributed by atoms with Gasteiger partial charge in [-0.25, -0.2) is 14.6 Å². The van der Waals surface area contributed by atoms with Gasteiger partial charge in [-0.05, 0) is 62.4 Å². The molecule has 0 spiro atoms. The quantitative estimate of drug-likeness (QED) is 0.183. The van der Waals surface area contributed by atoms with E-state index in [1.165, 1.54) is 19.4 Å². The van der Waals surface area contributed by atoms with Gasteiger partial charge in [0, 0.05) is 18.9 Å². The predicted octanol–water partition coefficient (Wildman–Crippen LogP) is 2.98. The molecule has 3 aromatic rings. The summed E-state index contributed by atoms with van der Waals surface area (Å²) in [6.07, 6.45) is -1.17. The summed E-state index contributed by atoms with van der Waals surface area (Å²) in [6.45, 7) is 2.59. The van der Waals surface area contributed by atoms with Crippen molar-refractivity contribution in [1.29, 1.82) is 0 Å². The molecule has 1 fully saturated rings. The highest BCUT2D eigenvalue weighted by atomic mass is 16.7. The van der Waals surface area contributed by atoms with E-state index < -0.39 is 49.0 Å². The van der Waals surface area contributed by atoms with Gasteiger partial charge in [-0.2, -0.15) is 0 Å². The molecule has 0 bridgehead atoms. The number of esters is 2. The molecule has 1 amide bonds. The smallest absolute Gasteiger partial charge is 0.334 e. The second kappa shape index (κ2) is 18.3. The van der Waals surface area contributed by atoms with Crippen LogP contribution in [0.15, 0.2) is 60.8 Å². The molecule has 264 valence electrons. The predicted molar refractivity (Wildman–Crippen MR) is 171 cm³/mol. The van der Waals surface area contributed by atoms with Gasteiger partial charge in [0.1, 0.15) is 35.7 Å². The third-order valence-electron chi connectivity index (χ3n) is 7.12. The van der Waals surface area contributed by atoms with E-state index in [2.05, 4.69) is 10.3 Å². The monoisotopic (exact) mass is 684 g/mol. The molecular weight excluding hydrogens is 644 g/mol. The zero-order chi connectivity index (χ0) is 35.2. The fraction of sp³-hybridized carbons (Fsp3) is 0.412. The van der Waals surface area contributed by atoms with Crippen molar-refractivity contribution in [2.24, 2.45) is 0 Å². The van der Waals surface area contributed by atoms with Crippen LogP contribution in [0.5, 0.6) is 34.5 Å². The van der Waals surface area contributed by atoms with Gasteiger partial charge in [-0.1, -0.05) is 0 Å². The Kier molecular flexibility index (Phi) is 13.7. The number of methoxy groups -OCH3 is 3. The van der Waals surface area contributed by atoms with Crippen molar-refractivity contribution in [3.8, 4) is 34.5 Å².